The largest absolute Gasteiger partial charge is 0.465 e. The fourth-order valence-electron chi connectivity index (χ4n) is 3.39. The van der Waals surface area contributed by atoms with Crippen molar-refractivity contribution in [2.75, 3.05) is 25.5 Å². The summed E-state index contributed by atoms with van der Waals surface area (Å²) in [5.74, 6) is -0.381. The van der Waals surface area contributed by atoms with E-state index in [-0.39, 0.29) is 34.9 Å². The molecule has 1 amide bonds. The number of amides is 1. The Bertz CT molecular complexity index is 726. The molecule has 0 saturated carbocycles. The molecule has 6 nitrogen and oxygen atoms in total. The number of rotatable bonds is 5. The van der Waals surface area contributed by atoms with E-state index in [1.54, 1.807) is 4.90 Å². The van der Waals surface area contributed by atoms with Gasteiger partial charge in [-0.25, -0.2) is 18.4 Å². The minimum atomic E-state index is -2.66. The maximum atomic E-state index is 13.4. The number of piperidine rings is 1. The van der Waals surface area contributed by atoms with Crippen molar-refractivity contribution in [3.8, 4) is 0 Å². The van der Waals surface area contributed by atoms with Gasteiger partial charge in [-0.1, -0.05) is 6.07 Å². The quantitative estimate of drug-likeness (QED) is 0.700. The predicted molar refractivity (Wildman–Crippen MR) is 106 cm³/mol. The Morgan fingerprint density at radius 1 is 1.21 bits per heavy atom. The minimum absolute atomic E-state index is 0.110. The number of carbonyl (C=O) groups excluding carboxylic acids is 2. The van der Waals surface area contributed by atoms with Crippen molar-refractivity contribution >= 4 is 17.7 Å². The van der Waals surface area contributed by atoms with Crippen molar-refractivity contribution in [3.63, 3.8) is 0 Å². The van der Waals surface area contributed by atoms with Crippen LogP contribution in [0.15, 0.2) is 18.2 Å². The summed E-state index contributed by atoms with van der Waals surface area (Å²) in [5.41, 5.74) is -0.258. The highest BCUT2D eigenvalue weighted by atomic mass is 19.3. The standard InChI is InChI=1S/C21H30F2N2O4/c1-13(14-8-10-25(11-9-14)20(27)29-21(2,3)4)24-17-12-15(19(26)28-5)6-7-16(17)18(22)23/h6-7,12-14,18,24H,8-11H2,1-5H3/t13-/m0/s1. The van der Waals surface area contributed by atoms with E-state index in [4.69, 9.17) is 4.74 Å². The number of nitrogens with one attached hydrogen (secondary N) is 1. The smallest absolute Gasteiger partial charge is 0.410 e. The molecule has 1 aromatic rings. The van der Waals surface area contributed by atoms with E-state index >= 15 is 0 Å². The van der Waals surface area contributed by atoms with Crippen LogP contribution in [0, 0.1) is 5.92 Å². The molecule has 162 valence electrons. The number of carbonyl (C=O) groups is 2. The Morgan fingerprint density at radius 2 is 1.83 bits per heavy atom. The van der Waals surface area contributed by atoms with Crippen LogP contribution in [0.3, 0.4) is 0 Å². The van der Waals surface area contributed by atoms with Gasteiger partial charge in [-0.2, -0.15) is 0 Å². The molecule has 1 atom stereocenters. The van der Waals surface area contributed by atoms with Crippen LogP contribution < -0.4 is 5.32 Å². The lowest BCUT2D eigenvalue weighted by Gasteiger charge is -2.36. The van der Waals surface area contributed by atoms with Gasteiger partial charge >= 0.3 is 12.1 Å². The number of hydrogen-bond donors (Lipinski definition) is 1. The van der Waals surface area contributed by atoms with Gasteiger partial charge in [-0.15, -0.1) is 0 Å². The molecule has 0 bridgehead atoms. The molecule has 1 aliphatic heterocycles. The molecular formula is C21H30F2N2O4. The van der Waals surface area contributed by atoms with E-state index in [9.17, 15) is 18.4 Å². The van der Waals surface area contributed by atoms with Gasteiger partial charge in [0.2, 0.25) is 0 Å². The van der Waals surface area contributed by atoms with Crippen molar-refractivity contribution in [2.45, 2.75) is 58.6 Å². The molecule has 1 N–H and O–H groups in total. The highest BCUT2D eigenvalue weighted by molar-refractivity contribution is 5.90. The van der Waals surface area contributed by atoms with Crippen LogP contribution >= 0.6 is 0 Å². The molecule has 0 spiro atoms. The van der Waals surface area contributed by atoms with Gasteiger partial charge in [-0.05, 0) is 58.6 Å². The molecular weight excluding hydrogens is 382 g/mol. The summed E-state index contributed by atoms with van der Waals surface area (Å²) in [6, 6.07) is 3.88. The second-order valence-corrected chi connectivity index (χ2v) is 8.33. The lowest BCUT2D eigenvalue weighted by molar-refractivity contribution is 0.0178. The van der Waals surface area contributed by atoms with Crippen molar-refractivity contribution < 1.29 is 27.8 Å². The number of nitrogens with zero attached hydrogens (tertiary/aromatic N) is 1. The maximum absolute atomic E-state index is 13.4. The summed E-state index contributed by atoms with van der Waals surface area (Å²) in [4.78, 5) is 25.6. The van der Waals surface area contributed by atoms with Crippen LogP contribution in [0.25, 0.3) is 0 Å². The fraction of sp³-hybridized carbons (Fsp3) is 0.619. The molecule has 1 saturated heterocycles. The third kappa shape index (κ3) is 6.30. The van der Waals surface area contributed by atoms with E-state index < -0.39 is 18.0 Å². The molecule has 0 aromatic heterocycles. The highest BCUT2D eigenvalue weighted by Crippen LogP contribution is 2.31. The first kappa shape index (κ1) is 22.9. The second-order valence-electron chi connectivity index (χ2n) is 8.33. The zero-order valence-corrected chi connectivity index (χ0v) is 17.6. The first-order valence-electron chi connectivity index (χ1n) is 9.76. The number of hydrogen-bond acceptors (Lipinski definition) is 5. The summed E-state index contributed by atoms with van der Waals surface area (Å²) >= 11 is 0. The minimum Gasteiger partial charge on any atom is -0.465 e. The van der Waals surface area contributed by atoms with E-state index in [0.717, 1.165) is 12.8 Å². The Kier molecular flexibility index (Phi) is 7.43. The topological polar surface area (TPSA) is 67.9 Å². The zero-order valence-electron chi connectivity index (χ0n) is 17.6. The summed E-state index contributed by atoms with van der Waals surface area (Å²) in [6.45, 7) is 8.50. The Labute approximate surface area is 170 Å². The fourth-order valence-corrected chi connectivity index (χ4v) is 3.39. The molecule has 2 rings (SSSR count). The monoisotopic (exact) mass is 412 g/mol. The van der Waals surface area contributed by atoms with Crippen molar-refractivity contribution in [2.24, 2.45) is 5.92 Å². The maximum Gasteiger partial charge on any atom is 0.410 e. The zero-order chi connectivity index (χ0) is 21.8. The first-order chi connectivity index (χ1) is 13.5. The van der Waals surface area contributed by atoms with Crippen LogP contribution in [-0.2, 0) is 9.47 Å². The average Bonchev–Trinajstić information content (AvgIpc) is 2.65. The summed E-state index contributed by atoms with van der Waals surface area (Å²) in [7, 11) is 1.25. The molecule has 0 aliphatic carbocycles. The van der Waals surface area contributed by atoms with Crippen molar-refractivity contribution in [1.29, 1.82) is 0 Å². The van der Waals surface area contributed by atoms with Crippen LogP contribution in [-0.4, -0.2) is 48.8 Å². The number of likely N-dealkylation sites (tertiary alicyclic amines) is 1. The molecule has 29 heavy (non-hydrogen) atoms. The number of methoxy groups -OCH3 is 1. The molecule has 1 fully saturated rings. The van der Waals surface area contributed by atoms with Crippen LogP contribution in [0.1, 0.15) is 62.9 Å². The summed E-state index contributed by atoms with van der Waals surface area (Å²) in [5, 5.41) is 3.14. The summed E-state index contributed by atoms with van der Waals surface area (Å²) in [6.07, 6.45) is -1.53. The van der Waals surface area contributed by atoms with Gasteiger partial charge < -0.3 is 19.7 Å². The third-order valence-corrected chi connectivity index (χ3v) is 4.99. The lowest BCUT2D eigenvalue weighted by Crippen LogP contribution is -2.44. The Hall–Kier alpha value is -2.38. The second kappa shape index (κ2) is 9.41. The molecule has 0 radical (unpaired) electrons. The van der Waals surface area contributed by atoms with E-state index in [2.05, 4.69) is 10.1 Å². The Morgan fingerprint density at radius 3 is 2.34 bits per heavy atom. The van der Waals surface area contributed by atoms with Gasteiger partial charge in [0.05, 0.1) is 12.7 Å². The van der Waals surface area contributed by atoms with Gasteiger partial charge in [0.25, 0.3) is 6.43 Å². The number of ether oxygens (including phenoxy) is 2. The van der Waals surface area contributed by atoms with Crippen molar-refractivity contribution in [3.05, 3.63) is 29.3 Å². The van der Waals surface area contributed by atoms with Gasteiger partial charge in [-0.3, -0.25) is 0 Å². The normalized spacial score (nSPS) is 16.5. The summed E-state index contributed by atoms with van der Waals surface area (Å²) < 4.78 is 36.9. The molecule has 1 heterocycles. The number of halogens is 2. The van der Waals surface area contributed by atoms with E-state index in [1.807, 2.05) is 27.7 Å². The SMILES string of the molecule is COC(=O)c1ccc(C(F)F)c(N[C@@H](C)C2CCN(C(=O)OC(C)(C)C)CC2)c1. The predicted octanol–water partition coefficient (Wildman–Crippen LogP) is 4.86. The highest BCUT2D eigenvalue weighted by Gasteiger charge is 2.29. The number of esters is 1. The molecule has 0 unspecified atom stereocenters. The molecule has 1 aromatic carbocycles. The van der Waals surface area contributed by atoms with Crippen molar-refractivity contribution in [1.82, 2.24) is 4.90 Å². The average molecular weight is 412 g/mol. The van der Waals surface area contributed by atoms with Crippen LogP contribution in [0.5, 0.6) is 0 Å². The number of alkyl halides is 2. The number of anilines is 1. The van der Waals surface area contributed by atoms with E-state index in [1.165, 1.54) is 25.3 Å². The Balaban J connectivity index is 2.03. The van der Waals surface area contributed by atoms with E-state index in [0.29, 0.717) is 13.1 Å². The number of benzene rings is 1. The first-order valence-corrected chi connectivity index (χ1v) is 9.76. The molecule has 1 aliphatic rings. The third-order valence-electron chi connectivity index (χ3n) is 4.99. The van der Waals surface area contributed by atoms with Crippen LogP contribution in [0.4, 0.5) is 19.3 Å². The molecule has 8 heteroatoms. The lowest BCUT2D eigenvalue weighted by atomic mass is 9.90. The van der Waals surface area contributed by atoms with Gasteiger partial charge in [0.1, 0.15) is 5.60 Å². The van der Waals surface area contributed by atoms with Crippen LogP contribution in [0.2, 0.25) is 0 Å². The van der Waals surface area contributed by atoms with Gasteiger partial charge in [0, 0.05) is 30.4 Å². The van der Waals surface area contributed by atoms with Gasteiger partial charge in [0.15, 0.2) is 0 Å².